The Balaban J connectivity index is 2.03. The topological polar surface area (TPSA) is 38.0 Å². The summed E-state index contributed by atoms with van der Waals surface area (Å²) in [7, 11) is 0. The average molecular weight is 226 g/mol. The van der Waals surface area contributed by atoms with Crippen molar-refractivity contribution in [3.8, 4) is 0 Å². The highest BCUT2D eigenvalue weighted by Crippen LogP contribution is 2.32. The molecule has 0 atom stereocenters. The molecule has 1 heterocycles. The predicted octanol–water partition coefficient (Wildman–Crippen LogP) is 2.25. The Morgan fingerprint density at radius 1 is 1.33 bits per heavy atom. The first-order chi connectivity index (χ1) is 7.25. The third-order valence-corrected chi connectivity index (χ3v) is 3.98. The molecule has 2 nitrogen and oxygen atoms in total. The fourth-order valence-electron chi connectivity index (χ4n) is 1.72. The number of rotatable bonds is 2. The van der Waals surface area contributed by atoms with Crippen LogP contribution in [-0.4, -0.2) is 18.3 Å². The summed E-state index contributed by atoms with van der Waals surface area (Å²) in [4.78, 5) is 1.00. The monoisotopic (exact) mass is 226 g/mol. The molecule has 4 heteroatoms. The average Bonchev–Trinajstić information content (AvgIpc) is 2.24. The number of thioether (sulfide) groups is 1. The maximum Gasteiger partial charge on any atom is 0.125 e. The number of nitrogens with two attached hydrogens (primary N) is 1. The summed E-state index contributed by atoms with van der Waals surface area (Å²) in [5.41, 5.74) is 6.32. The van der Waals surface area contributed by atoms with Gasteiger partial charge in [0.05, 0.1) is 0 Å². The summed E-state index contributed by atoms with van der Waals surface area (Å²) in [5.74, 6) is -0.262. The number of nitrogens with one attached hydrogen (secondary N) is 1. The van der Waals surface area contributed by atoms with Crippen LogP contribution in [0.15, 0.2) is 23.1 Å². The molecule has 0 amide bonds. The molecule has 1 fully saturated rings. The lowest BCUT2D eigenvalue weighted by Crippen LogP contribution is -2.29. The molecule has 0 spiro atoms. The van der Waals surface area contributed by atoms with Crippen LogP contribution in [0, 0.1) is 5.82 Å². The lowest BCUT2D eigenvalue weighted by atomic mass is 10.2. The first-order valence-electron chi connectivity index (χ1n) is 5.18. The van der Waals surface area contributed by atoms with Crippen LogP contribution in [0.4, 0.5) is 10.1 Å². The Kier molecular flexibility index (Phi) is 3.49. The number of piperidine rings is 1. The SMILES string of the molecule is Nc1cc(F)ccc1SC1CCNCC1. The van der Waals surface area contributed by atoms with E-state index in [1.807, 2.05) is 0 Å². The summed E-state index contributed by atoms with van der Waals surface area (Å²) in [6.45, 7) is 2.14. The van der Waals surface area contributed by atoms with Crippen molar-refractivity contribution in [2.24, 2.45) is 0 Å². The zero-order chi connectivity index (χ0) is 10.7. The summed E-state index contributed by atoms with van der Waals surface area (Å²) in [6, 6.07) is 4.64. The first kappa shape index (κ1) is 10.8. The van der Waals surface area contributed by atoms with Crippen LogP contribution in [0.2, 0.25) is 0 Å². The van der Waals surface area contributed by atoms with E-state index in [9.17, 15) is 4.39 Å². The predicted molar refractivity (Wildman–Crippen MR) is 62.6 cm³/mol. The molecule has 1 saturated heterocycles. The van der Waals surface area contributed by atoms with E-state index in [1.54, 1.807) is 17.8 Å². The number of anilines is 1. The molecule has 1 aromatic rings. The zero-order valence-electron chi connectivity index (χ0n) is 8.50. The molecule has 0 saturated carbocycles. The van der Waals surface area contributed by atoms with Crippen molar-refractivity contribution in [3.63, 3.8) is 0 Å². The van der Waals surface area contributed by atoms with Crippen LogP contribution in [0.3, 0.4) is 0 Å². The van der Waals surface area contributed by atoms with Crippen molar-refractivity contribution in [1.29, 1.82) is 0 Å². The molecule has 0 aromatic heterocycles. The van der Waals surface area contributed by atoms with Crippen LogP contribution in [0.25, 0.3) is 0 Å². The Bertz CT molecular complexity index is 337. The molecule has 15 heavy (non-hydrogen) atoms. The van der Waals surface area contributed by atoms with Gasteiger partial charge in [0, 0.05) is 15.8 Å². The second-order valence-corrected chi connectivity index (χ2v) is 5.09. The smallest absolute Gasteiger partial charge is 0.125 e. The van der Waals surface area contributed by atoms with Gasteiger partial charge in [-0.1, -0.05) is 0 Å². The van der Waals surface area contributed by atoms with Gasteiger partial charge >= 0.3 is 0 Å². The van der Waals surface area contributed by atoms with E-state index in [4.69, 9.17) is 5.73 Å². The summed E-state index contributed by atoms with van der Waals surface area (Å²) < 4.78 is 12.8. The van der Waals surface area contributed by atoms with Crippen molar-refractivity contribution >= 4 is 17.4 Å². The molecule has 1 aliphatic heterocycles. The molecular weight excluding hydrogens is 211 g/mol. The quantitative estimate of drug-likeness (QED) is 0.760. The van der Waals surface area contributed by atoms with E-state index in [1.165, 1.54) is 12.1 Å². The number of nitrogen functional groups attached to an aromatic ring is 1. The largest absolute Gasteiger partial charge is 0.398 e. The fraction of sp³-hybridized carbons (Fsp3) is 0.455. The maximum absolute atomic E-state index is 12.8. The standard InChI is InChI=1S/C11H15FN2S/c12-8-1-2-11(10(13)7-8)15-9-3-5-14-6-4-9/h1-2,7,9,14H,3-6,13H2. The fourth-order valence-corrected chi connectivity index (χ4v) is 2.89. The Labute approximate surface area is 93.4 Å². The second kappa shape index (κ2) is 4.86. The van der Waals surface area contributed by atoms with E-state index in [-0.39, 0.29) is 5.82 Å². The molecule has 82 valence electrons. The van der Waals surface area contributed by atoms with Crippen molar-refractivity contribution in [3.05, 3.63) is 24.0 Å². The minimum absolute atomic E-state index is 0.262. The molecular formula is C11H15FN2S. The van der Waals surface area contributed by atoms with Gasteiger partial charge in [-0.2, -0.15) is 0 Å². The second-order valence-electron chi connectivity index (χ2n) is 3.75. The van der Waals surface area contributed by atoms with E-state index >= 15 is 0 Å². The lowest BCUT2D eigenvalue weighted by molar-refractivity contribution is 0.531. The number of benzene rings is 1. The van der Waals surface area contributed by atoms with Crippen LogP contribution in [0.5, 0.6) is 0 Å². The van der Waals surface area contributed by atoms with Gasteiger partial charge in [-0.15, -0.1) is 11.8 Å². The Morgan fingerprint density at radius 3 is 2.73 bits per heavy atom. The Morgan fingerprint density at radius 2 is 2.07 bits per heavy atom. The van der Waals surface area contributed by atoms with Crippen LogP contribution in [0.1, 0.15) is 12.8 Å². The lowest BCUT2D eigenvalue weighted by Gasteiger charge is -2.22. The maximum atomic E-state index is 12.8. The van der Waals surface area contributed by atoms with Crippen molar-refractivity contribution < 1.29 is 4.39 Å². The minimum Gasteiger partial charge on any atom is -0.398 e. The number of hydrogen-bond acceptors (Lipinski definition) is 3. The summed E-state index contributed by atoms with van der Waals surface area (Å²) >= 11 is 1.77. The highest BCUT2D eigenvalue weighted by atomic mass is 32.2. The highest BCUT2D eigenvalue weighted by molar-refractivity contribution is 8.00. The van der Waals surface area contributed by atoms with Gasteiger partial charge in [0.25, 0.3) is 0 Å². The zero-order valence-corrected chi connectivity index (χ0v) is 9.32. The molecule has 2 rings (SSSR count). The minimum atomic E-state index is -0.262. The van der Waals surface area contributed by atoms with Gasteiger partial charge < -0.3 is 11.1 Å². The van der Waals surface area contributed by atoms with Gasteiger partial charge in [0.15, 0.2) is 0 Å². The normalized spacial score (nSPS) is 17.9. The third-order valence-electron chi connectivity index (χ3n) is 2.55. The molecule has 3 N–H and O–H groups in total. The van der Waals surface area contributed by atoms with Gasteiger partial charge in [-0.25, -0.2) is 4.39 Å². The molecule has 0 aliphatic carbocycles. The number of halogens is 1. The van der Waals surface area contributed by atoms with Gasteiger partial charge in [-0.05, 0) is 44.1 Å². The van der Waals surface area contributed by atoms with Crippen molar-refractivity contribution in [2.45, 2.75) is 23.0 Å². The van der Waals surface area contributed by atoms with Crippen LogP contribution in [-0.2, 0) is 0 Å². The van der Waals surface area contributed by atoms with E-state index in [0.717, 1.165) is 30.8 Å². The van der Waals surface area contributed by atoms with Gasteiger partial charge in [-0.3, -0.25) is 0 Å². The molecule has 1 aromatic carbocycles. The first-order valence-corrected chi connectivity index (χ1v) is 6.06. The highest BCUT2D eigenvalue weighted by Gasteiger charge is 2.15. The van der Waals surface area contributed by atoms with E-state index in [2.05, 4.69) is 5.32 Å². The molecule has 0 bridgehead atoms. The van der Waals surface area contributed by atoms with Crippen LogP contribution >= 0.6 is 11.8 Å². The molecule has 1 aliphatic rings. The summed E-state index contributed by atoms with van der Waals surface area (Å²) in [6.07, 6.45) is 2.31. The molecule has 0 radical (unpaired) electrons. The number of hydrogen-bond donors (Lipinski definition) is 2. The molecule has 0 unspecified atom stereocenters. The van der Waals surface area contributed by atoms with Crippen molar-refractivity contribution in [2.75, 3.05) is 18.8 Å². The van der Waals surface area contributed by atoms with Crippen LogP contribution < -0.4 is 11.1 Å². The van der Waals surface area contributed by atoms with Gasteiger partial charge in [0.2, 0.25) is 0 Å². The summed E-state index contributed by atoms with van der Waals surface area (Å²) in [5, 5.41) is 3.93. The Hall–Kier alpha value is -0.740. The third kappa shape index (κ3) is 2.86. The van der Waals surface area contributed by atoms with E-state index < -0.39 is 0 Å². The van der Waals surface area contributed by atoms with Gasteiger partial charge in [0.1, 0.15) is 5.82 Å². The van der Waals surface area contributed by atoms with Crippen molar-refractivity contribution in [1.82, 2.24) is 5.32 Å². The van der Waals surface area contributed by atoms with E-state index in [0.29, 0.717) is 10.9 Å².